The van der Waals surface area contributed by atoms with E-state index >= 15 is 0 Å². The minimum Gasteiger partial charge on any atom is -0.405 e. The lowest BCUT2D eigenvalue weighted by molar-refractivity contribution is -0.274. The Morgan fingerprint density at radius 3 is 2.44 bits per heavy atom. The smallest absolute Gasteiger partial charge is 0.405 e. The Hall–Kier alpha value is -3.21. The van der Waals surface area contributed by atoms with Gasteiger partial charge in [-0.1, -0.05) is 30.3 Å². The molecule has 8 heteroatoms. The first kappa shape index (κ1) is 20.1. The van der Waals surface area contributed by atoms with Crippen LogP contribution in [-0.4, -0.2) is 18.9 Å². The molecular formula is C19H19F3N4O. The van der Waals surface area contributed by atoms with Gasteiger partial charge in [0, 0.05) is 18.7 Å². The van der Waals surface area contributed by atoms with E-state index in [4.69, 9.17) is 5.26 Å². The van der Waals surface area contributed by atoms with Crippen LogP contribution in [0.1, 0.15) is 23.6 Å². The van der Waals surface area contributed by atoms with E-state index in [1.54, 1.807) is 36.4 Å². The van der Waals surface area contributed by atoms with Crippen LogP contribution >= 0.6 is 0 Å². The fourth-order valence-electron chi connectivity index (χ4n) is 2.25. The SMILES string of the molecule is CCNC(=NCc1ccc(C#N)cc1)NCc1ccccc1OC(F)(F)F. The lowest BCUT2D eigenvalue weighted by atomic mass is 10.1. The predicted molar refractivity (Wildman–Crippen MR) is 95.9 cm³/mol. The molecule has 0 aromatic heterocycles. The second-order valence-corrected chi connectivity index (χ2v) is 5.51. The topological polar surface area (TPSA) is 69.4 Å². The average molecular weight is 376 g/mol. The Kier molecular flexibility index (Phi) is 7.06. The number of ether oxygens (including phenoxy) is 1. The predicted octanol–water partition coefficient (Wildman–Crippen LogP) is 3.71. The number of alkyl halides is 3. The van der Waals surface area contributed by atoms with Crippen molar-refractivity contribution in [3.05, 3.63) is 65.2 Å². The maximum absolute atomic E-state index is 12.5. The zero-order valence-corrected chi connectivity index (χ0v) is 14.7. The van der Waals surface area contributed by atoms with Gasteiger partial charge < -0.3 is 15.4 Å². The van der Waals surface area contributed by atoms with Crippen LogP contribution in [0.15, 0.2) is 53.5 Å². The van der Waals surface area contributed by atoms with Gasteiger partial charge in [0.25, 0.3) is 0 Å². The normalized spacial score (nSPS) is 11.6. The summed E-state index contributed by atoms with van der Waals surface area (Å²) in [5, 5.41) is 14.8. The zero-order valence-electron chi connectivity index (χ0n) is 14.7. The first-order chi connectivity index (χ1) is 12.9. The fourth-order valence-corrected chi connectivity index (χ4v) is 2.25. The van der Waals surface area contributed by atoms with E-state index < -0.39 is 6.36 Å². The third kappa shape index (κ3) is 6.90. The van der Waals surface area contributed by atoms with Gasteiger partial charge in [0.05, 0.1) is 18.2 Å². The lowest BCUT2D eigenvalue weighted by Crippen LogP contribution is -2.37. The molecule has 27 heavy (non-hydrogen) atoms. The molecule has 0 saturated heterocycles. The number of halogens is 3. The Morgan fingerprint density at radius 1 is 1.11 bits per heavy atom. The summed E-state index contributed by atoms with van der Waals surface area (Å²) in [4.78, 5) is 4.41. The van der Waals surface area contributed by atoms with Crippen LogP contribution in [0.25, 0.3) is 0 Å². The standard InChI is InChI=1S/C19H19F3N4O/c1-2-24-18(25-12-15-9-7-14(11-23)8-10-15)26-13-16-5-3-4-6-17(16)27-19(20,21)22/h3-10H,2,12-13H2,1H3,(H2,24,25,26). The van der Waals surface area contributed by atoms with Crippen LogP contribution in [0.5, 0.6) is 5.75 Å². The molecule has 2 N–H and O–H groups in total. The minimum absolute atomic E-state index is 0.117. The molecule has 0 amide bonds. The molecule has 0 heterocycles. The maximum atomic E-state index is 12.5. The molecule has 0 saturated carbocycles. The molecule has 142 valence electrons. The van der Waals surface area contributed by atoms with Crippen LogP contribution in [0.2, 0.25) is 0 Å². The highest BCUT2D eigenvalue weighted by Crippen LogP contribution is 2.26. The Bertz CT molecular complexity index is 811. The number of nitriles is 1. The maximum Gasteiger partial charge on any atom is 0.573 e. The molecule has 0 aliphatic carbocycles. The number of hydrogen-bond donors (Lipinski definition) is 2. The summed E-state index contributed by atoms with van der Waals surface area (Å²) in [7, 11) is 0. The molecule has 0 fully saturated rings. The van der Waals surface area contributed by atoms with Crippen LogP contribution in [0, 0.1) is 11.3 Å². The summed E-state index contributed by atoms with van der Waals surface area (Å²) in [5.74, 6) is 0.212. The van der Waals surface area contributed by atoms with E-state index in [0.717, 1.165) is 5.56 Å². The van der Waals surface area contributed by atoms with Gasteiger partial charge in [0.2, 0.25) is 0 Å². The number of aliphatic imine (C=N–C) groups is 1. The molecule has 0 aliphatic rings. The molecule has 5 nitrogen and oxygen atoms in total. The van der Waals surface area contributed by atoms with Crippen molar-refractivity contribution < 1.29 is 17.9 Å². The number of guanidine groups is 1. The van der Waals surface area contributed by atoms with Crippen molar-refractivity contribution in [1.29, 1.82) is 5.26 Å². The number of hydrogen-bond acceptors (Lipinski definition) is 3. The molecule has 0 bridgehead atoms. The van der Waals surface area contributed by atoms with Crippen molar-refractivity contribution in [2.75, 3.05) is 6.54 Å². The van der Waals surface area contributed by atoms with E-state index in [1.807, 2.05) is 13.0 Å². The van der Waals surface area contributed by atoms with Crippen LogP contribution < -0.4 is 15.4 Å². The van der Waals surface area contributed by atoms with Crippen molar-refractivity contribution in [3.8, 4) is 11.8 Å². The van der Waals surface area contributed by atoms with Crippen molar-refractivity contribution >= 4 is 5.96 Å². The van der Waals surface area contributed by atoms with Gasteiger partial charge in [-0.3, -0.25) is 0 Å². The summed E-state index contributed by atoms with van der Waals surface area (Å²) in [6.07, 6.45) is -4.75. The van der Waals surface area contributed by atoms with E-state index in [9.17, 15) is 13.2 Å². The highest BCUT2D eigenvalue weighted by molar-refractivity contribution is 5.79. The van der Waals surface area contributed by atoms with Gasteiger partial charge in [-0.25, -0.2) is 4.99 Å². The number of para-hydroxylation sites is 1. The van der Waals surface area contributed by atoms with Gasteiger partial charge in [-0.05, 0) is 30.7 Å². The van der Waals surface area contributed by atoms with Crippen LogP contribution in [-0.2, 0) is 13.1 Å². The second kappa shape index (κ2) is 9.48. The molecule has 0 atom stereocenters. The molecule has 0 unspecified atom stereocenters. The Balaban J connectivity index is 2.05. The van der Waals surface area contributed by atoms with Crippen LogP contribution in [0.3, 0.4) is 0 Å². The molecule has 0 spiro atoms. The van der Waals surface area contributed by atoms with Crippen molar-refractivity contribution in [3.63, 3.8) is 0 Å². The zero-order chi connectivity index (χ0) is 19.7. The van der Waals surface area contributed by atoms with Gasteiger partial charge >= 0.3 is 6.36 Å². The summed E-state index contributed by atoms with van der Waals surface area (Å²) >= 11 is 0. The molecule has 2 aromatic rings. The number of nitrogens with zero attached hydrogens (tertiary/aromatic N) is 2. The van der Waals surface area contributed by atoms with E-state index in [-0.39, 0.29) is 12.3 Å². The van der Waals surface area contributed by atoms with Gasteiger partial charge in [-0.15, -0.1) is 13.2 Å². The molecule has 2 rings (SSSR count). The Morgan fingerprint density at radius 2 is 1.81 bits per heavy atom. The first-order valence-corrected chi connectivity index (χ1v) is 8.26. The largest absolute Gasteiger partial charge is 0.573 e. The number of benzene rings is 2. The lowest BCUT2D eigenvalue weighted by Gasteiger charge is -2.15. The monoisotopic (exact) mass is 376 g/mol. The highest BCUT2D eigenvalue weighted by Gasteiger charge is 2.31. The number of nitrogens with one attached hydrogen (secondary N) is 2. The van der Waals surface area contributed by atoms with Gasteiger partial charge in [-0.2, -0.15) is 5.26 Å². The van der Waals surface area contributed by atoms with Crippen molar-refractivity contribution in [1.82, 2.24) is 10.6 Å². The summed E-state index contributed by atoms with van der Waals surface area (Å²) in [5.41, 5.74) is 1.83. The first-order valence-electron chi connectivity index (χ1n) is 8.26. The third-order valence-electron chi connectivity index (χ3n) is 3.49. The molecule has 0 aliphatic heterocycles. The van der Waals surface area contributed by atoms with Crippen LogP contribution in [0.4, 0.5) is 13.2 Å². The summed E-state index contributed by atoms with van der Waals surface area (Å²) in [6, 6.07) is 15.0. The van der Waals surface area contributed by atoms with Crippen molar-refractivity contribution in [2.24, 2.45) is 4.99 Å². The van der Waals surface area contributed by atoms with Gasteiger partial charge in [0.15, 0.2) is 5.96 Å². The minimum atomic E-state index is -4.75. The molecular weight excluding hydrogens is 357 g/mol. The van der Waals surface area contributed by atoms with Gasteiger partial charge in [0.1, 0.15) is 5.75 Å². The second-order valence-electron chi connectivity index (χ2n) is 5.51. The quantitative estimate of drug-likeness (QED) is 0.596. The molecule has 2 aromatic carbocycles. The van der Waals surface area contributed by atoms with E-state index in [2.05, 4.69) is 20.4 Å². The molecule has 0 radical (unpaired) electrons. The van der Waals surface area contributed by atoms with E-state index in [1.165, 1.54) is 12.1 Å². The summed E-state index contributed by atoms with van der Waals surface area (Å²) < 4.78 is 41.6. The third-order valence-corrected chi connectivity index (χ3v) is 3.49. The average Bonchev–Trinajstić information content (AvgIpc) is 2.64. The van der Waals surface area contributed by atoms with E-state index in [0.29, 0.717) is 30.2 Å². The van der Waals surface area contributed by atoms with Crippen molar-refractivity contribution in [2.45, 2.75) is 26.4 Å². The Labute approximate surface area is 155 Å². The summed E-state index contributed by atoms with van der Waals surface area (Å²) in [6.45, 7) is 2.97. The highest BCUT2D eigenvalue weighted by atomic mass is 19.4. The fraction of sp³-hybridized carbons (Fsp3) is 0.263. The number of rotatable bonds is 6.